The van der Waals surface area contributed by atoms with E-state index in [0.717, 1.165) is 30.4 Å². The Kier molecular flexibility index (Phi) is 3.69. The molecule has 0 unspecified atom stereocenters. The van der Waals surface area contributed by atoms with Crippen LogP contribution in [0.1, 0.15) is 27.9 Å². The number of aryl methyl sites for hydroxylation is 2. The van der Waals surface area contributed by atoms with Crippen LogP contribution < -0.4 is 0 Å². The van der Waals surface area contributed by atoms with Gasteiger partial charge in [-0.05, 0) is 19.3 Å². The first-order valence-electron chi connectivity index (χ1n) is 7.39. The van der Waals surface area contributed by atoms with E-state index in [0.29, 0.717) is 5.69 Å². The van der Waals surface area contributed by atoms with Gasteiger partial charge in [0.05, 0.1) is 16.5 Å². The number of hydrogen-bond donors (Lipinski definition) is 2. The van der Waals surface area contributed by atoms with E-state index < -0.39 is 17.2 Å². The number of carboxylic acid groups (broad SMARTS) is 2. The Morgan fingerprint density at radius 3 is 2.83 bits per heavy atom. The number of carbonyl (C=O) groups is 2. The average Bonchev–Trinajstić information content (AvgIpc) is 3.14. The number of nitrogens with zero attached hydrogens (tertiary/aromatic N) is 3. The molecule has 0 radical (unpaired) electrons. The predicted octanol–water partition coefficient (Wildman–Crippen LogP) is 2.17. The highest BCUT2D eigenvalue weighted by molar-refractivity contribution is 8.00. The smallest absolute Gasteiger partial charge is 0.351 e. The van der Waals surface area contributed by atoms with E-state index in [-0.39, 0.29) is 17.0 Å². The Bertz CT molecular complexity index is 925. The lowest BCUT2D eigenvalue weighted by molar-refractivity contribution is -0.133. The van der Waals surface area contributed by atoms with Crippen molar-refractivity contribution in [2.24, 2.45) is 4.99 Å². The van der Waals surface area contributed by atoms with Gasteiger partial charge in [0.2, 0.25) is 0 Å². The maximum absolute atomic E-state index is 11.6. The quantitative estimate of drug-likeness (QED) is 0.866. The summed E-state index contributed by atoms with van der Waals surface area (Å²) in [6, 6.07) is 0. The molecule has 0 saturated heterocycles. The number of aliphatic carboxylic acids is 2. The molecule has 1 aliphatic heterocycles. The van der Waals surface area contributed by atoms with E-state index >= 15 is 0 Å². The van der Waals surface area contributed by atoms with Gasteiger partial charge in [-0.1, -0.05) is 0 Å². The van der Waals surface area contributed by atoms with Crippen molar-refractivity contribution in [3.05, 3.63) is 34.2 Å². The number of hydrogen-bond acceptors (Lipinski definition) is 6. The molecule has 7 nitrogen and oxygen atoms in total. The normalized spacial score (nSPS) is 20.4. The largest absolute Gasteiger partial charge is 0.478 e. The van der Waals surface area contributed by atoms with Crippen molar-refractivity contribution in [3.63, 3.8) is 0 Å². The molecule has 0 fully saturated rings. The third kappa shape index (κ3) is 2.44. The number of rotatable bonds is 3. The van der Waals surface area contributed by atoms with Crippen LogP contribution in [0.5, 0.6) is 0 Å². The van der Waals surface area contributed by atoms with Crippen LogP contribution in [0.2, 0.25) is 0 Å². The second kappa shape index (κ2) is 5.75. The average molecular weight is 363 g/mol. The molecule has 0 bridgehead atoms. The molecule has 0 amide bonds. The molecule has 3 heterocycles. The Labute approximate surface area is 144 Å². The summed E-state index contributed by atoms with van der Waals surface area (Å²) in [6.45, 7) is 0. The molecule has 2 aromatic rings. The van der Waals surface area contributed by atoms with Gasteiger partial charge in [0.25, 0.3) is 0 Å². The van der Waals surface area contributed by atoms with Crippen LogP contribution in [0.3, 0.4) is 0 Å². The number of carboxylic acids is 2. The monoisotopic (exact) mass is 363 g/mol. The minimum Gasteiger partial charge on any atom is -0.478 e. The van der Waals surface area contributed by atoms with Gasteiger partial charge < -0.3 is 10.2 Å². The molecule has 9 heteroatoms. The molecule has 4 rings (SSSR count). The van der Waals surface area contributed by atoms with Crippen molar-refractivity contribution in [3.8, 4) is 0 Å². The highest BCUT2D eigenvalue weighted by Gasteiger charge is 2.30. The fourth-order valence-corrected chi connectivity index (χ4v) is 5.33. The second-order valence-corrected chi connectivity index (χ2v) is 7.76. The van der Waals surface area contributed by atoms with Crippen molar-refractivity contribution in [2.45, 2.75) is 24.5 Å². The van der Waals surface area contributed by atoms with E-state index in [1.165, 1.54) is 22.3 Å². The standard InChI is InChI=1S/C15H13N3O4S2/c19-13(20)7-4-16-9(14(21)22)6-23-12(7)8-5-18-10-2-1-3-11(10)24-15(18)17-8/h4-5,12H,1-3,6H2,(H,19,20)(H,21,22)/t12-/m0/s1. The van der Waals surface area contributed by atoms with Crippen LogP contribution >= 0.6 is 23.1 Å². The highest BCUT2D eigenvalue weighted by Crippen LogP contribution is 2.39. The van der Waals surface area contributed by atoms with E-state index in [1.807, 2.05) is 10.6 Å². The third-order valence-electron chi connectivity index (χ3n) is 4.13. The van der Waals surface area contributed by atoms with E-state index in [2.05, 4.69) is 9.98 Å². The maximum atomic E-state index is 11.6. The van der Waals surface area contributed by atoms with Crippen molar-refractivity contribution >= 4 is 45.7 Å². The molecule has 24 heavy (non-hydrogen) atoms. The van der Waals surface area contributed by atoms with Gasteiger partial charge in [0.15, 0.2) is 4.96 Å². The molecular formula is C15H13N3O4S2. The van der Waals surface area contributed by atoms with E-state index in [4.69, 9.17) is 5.11 Å². The summed E-state index contributed by atoms with van der Waals surface area (Å²) in [5.74, 6) is -2.10. The number of aliphatic imine (C=N–C) groups is 1. The summed E-state index contributed by atoms with van der Waals surface area (Å²) in [5.41, 5.74) is 1.90. The predicted molar refractivity (Wildman–Crippen MR) is 91.1 cm³/mol. The van der Waals surface area contributed by atoms with E-state index in [9.17, 15) is 14.7 Å². The minimum absolute atomic E-state index is 0.0526. The van der Waals surface area contributed by atoms with Crippen molar-refractivity contribution < 1.29 is 19.8 Å². The first-order chi connectivity index (χ1) is 11.5. The molecule has 1 aliphatic carbocycles. The topological polar surface area (TPSA) is 104 Å². The van der Waals surface area contributed by atoms with Gasteiger partial charge >= 0.3 is 11.9 Å². The van der Waals surface area contributed by atoms with Crippen molar-refractivity contribution in [2.75, 3.05) is 5.75 Å². The summed E-state index contributed by atoms with van der Waals surface area (Å²) < 4.78 is 2.05. The van der Waals surface area contributed by atoms with Gasteiger partial charge in [0, 0.05) is 28.7 Å². The molecule has 124 valence electrons. The van der Waals surface area contributed by atoms with Gasteiger partial charge in [-0.3, -0.25) is 9.39 Å². The zero-order valence-corrected chi connectivity index (χ0v) is 14.1. The molecular weight excluding hydrogens is 350 g/mol. The molecule has 2 aliphatic rings. The second-order valence-electron chi connectivity index (χ2n) is 5.61. The van der Waals surface area contributed by atoms with Crippen LogP contribution in [0, 0.1) is 0 Å². The summed E-state index contributed by atoms with van der Waals surface area (Å²) in [4.78, 5) is 33.3. The molecule has 0 spiro atoms. The lowest BCUT2D eigenvalue weighted by Gasteiger charge is -2.12. The third-order valence-corrected chi connectivity index (χ3v) is 6.55. The van der Waals surface area contributed by atoms with Crippen LogP contribution in [0.25, 0.3) is 4.96 Å². The molecule has 0 aromatic carbocycles. The fourth-order valence-electron chi connectivity index (χ4n) is 2.98. The van der Waals surface area contributed by atoms with Crippen LogP contribution in [-0.4, -0.2) is 43.0 Å². The Balaban J connectivity index is 1.73. The summed E-state index contributed by atoms with van der Waals surface area (Å²) >= 11 is 2.87. The van der Waals surface area contributed by atoms with Crippen LogP contribution in [0.4, 0.5) is 0 Å². The molecule has 2 aromatic heterocycles. The maximum Gasteiger partial charge on any atom is 0.351 e. The SMILES string of the molecule is O=C(O)C1=CN=C(C(=O)O)CS[C@@H]1c1cn2c3c(sc2n1)CCC3. The zero-order chi connectivity index (χ0) is 16.8. The summed E-state index contributed by atoms with van der Waals surface area (Å²) in [5, 5.41) is 18.0. The number of fused-ring (bicyclic) bond motifs is 3. The highest BCUT2D eigenvalue weighted by atomic mass is 32.2. The molecule has 1 atom stereocenters. The van der Waals surface area contributed by atoms with Crippen LogP contribution in [0.15, 0.2) is 23.0 Å². The lowest BCUT2D eigenvalue weighted by Crippen LogP contribution is -2.15. The van der Waals surface area contributed by atoms with Crippen molar-refractivity contribution in [1.29, 1.82) is 0 Å². The van der Waals surface area contributed by atoms with Crippen molar-refractivity contribution in [1.82, 2.24) is 9.38 Å². The van der Waals surface area contributed by atoms with Gasteiger partial charge in [0.1, 0.15) is 5.71 Å². The van der Waals surface area contributed by atoms with Gasteiger partial charge in [-0.2, -0.15) is 0 Å². The number of imidazole rings is 1. The van der Waals surface area contributed by atoms with Gasteiger partial charge in [-0.15, -0.1) is 23.1 Å². The Hall–Kier alpha value is -2.13. The van der Waals surface area contributed by atoms with Gasteiger partial charge in [-0.25, -0.2) is 14.6 Å². The Morgan fingerprint density at radius 2 is 2.08 bits per heavy atom. The molecule has 2 N–H and O–H groups in total. The minimum atomic E-state index is -1.13. The summed E-state index contributed by atoms with van der Waals surface area (Å²) in [7, 11) is 0. The lowest BCUT2D eigenvalue weighted by atomic mass is 10.1. The summed E-state index contributed by atoms with van der Waals surface area (Å²) in [6.07, 6.45) is 6.26. The Morgan fingerprint density at radius 1 is 1.25 bits per heavy atom. The molecule has 0 saturated carbocycles. The fraction of sp³-hybridized carbons (Fsp3) is 0.333. The first-order valence-corrected chi connectivity index (χ1v) is 9.25. The first kappa shape index (κ1) is 15.4. The zero-order valence-electron chi connectivity index (χ0n) is 12.4. The number of thiazole rings is 1. The number of aromatic nitrogens is 2. The van der Waals surface area contributed by atoms with E-state index in [1.54, 1.807) is 11.3 Å². The number of thioether (sulfide) groups is 1. The van der Waals surface area contributed by atoms with Crippen LogP contribution in [-0.2, 0) is 22.4 Å².